The maximum absolute atomic E-state index is 12.1. The summed E-state index contributed by atoms with van der Waals surface area (Å²) in [6.45, 7) is -0.0597. The molecule has 0 aromatic carbocycles. The molecule has 0 unspecified atom stereocenters. The van der Waals surface area contributed by atoms with Crippen molar-refractivity contribution in [2.75, 3.05) is 6.54 Å². The topological polar surface area (TPSA) is 101 Å². The fourth-order valence-electron chi connectivity index (χ4n) is 4.07. The number of nitrogens with zero attached hydrogens (tertiary/aromatic N) is 3. The minimum absolute atomic E-state index is 0.0582. The maximum atomic E-state index is 12.1. The molecule has 2 N–H and O–H groups in total. The quantitative estimate of drug-likeness (QED) is 0.566. The van der Waals surface area contributed by atoms with Crippen LogP contribution in [0, 0.1) is 5.92 Å². The van der Waals surface area contributed by atoms with Gasteiger partial charge < -0.3 is 9.73 Å². The zero-order valence-electron chi connectivity index (χ0n) is 16.3. The van der Waals surface area contributed by atoms with E-state index in [9.17, 15) is 4.79 Å². The molecule has 0 saturated heterocycles. The first-order valence-electron chi connectivity index (χ1n) is 10.3. The lowest BCUT2D eigenvalue weighted by atomic mass is 9.84. The molecular weight excluding hydrogens is 356 g/mol. The molecule has 28 heavy (non-hydrogen) atoms. The van der Waals surface area contributed by atoms with Crippen molar-refractivity contribution in [3.05, 3.63) is 41.8 Å². The molecule has 1 aliphatic rings. The SMILES string of the molecule is O=C(CNO)C[C@H](CCCC1CCCCC1)c1nc(Cc2cccnc2)no1. The second-order valence-electron chi connectivity index (χ2n) is 7.80. The molecule has 7 nitrogen and oxygen atoms in total. The van der Waals surface area contributed by atoms with Crippen molar-refractivity contribution in [1.29, 1.82) is 0 Å². The molecule has 2 aromatic rings. The molecular formula is C21H30N4O3. The van der Waals surface area contributed by atoms with Gasteiger partial charge in [0, 0.05) is 31.2 Å². The number of hydrogen-bond acceptors (Lipinski definition) is 7. The summed E-state index contributed by atoms with van der Waals surface area (Å²) in [6, 6.07) is 3.85. The second-order valence-corrected chi connectivity index (χ2v) is 7.80. The van der Waals surface area contributed by atoms with Gasteiger partial charge in [-0.3, -0.25) is 9.78 Å². The van der Waals surface area contributed by atoms with Crippen molar-refractivity contribution in [2.45, 2.75) is 70.1 Å². The molecule has 1 fully saturated rings. The van der Waals surface area contributed by atoms with Gasteiger partial charge in [-0.2, -0.15) is 10.5 Å². The predicted molar refractivity (Wildman–Crippen MR) is 104 cm³/mol. The number of pyridine rings is 1. The first-order chi connectivity index (χ1) is 13.7. The molecule has 0 bridgehead atoms. The summed E-state index contributed by atoms with van der Waals surface area (Å²) in [5.41, 5.74) is 2.96. The summed E-state index contributed by atoms with van der Waals surface area (Å²) >= 11 is 0. The predicted octanol–water partition coefficient (Wildman–Crippen LogP) is 3.83. The van der Waals surface area contributed by atoms with Crippen LogP contribution in [0.15, 0.2) is 29.0 Å². The summed E-state index contributed by atoms with van der Waals surface area (Å²) < 4.78 is 5.50. The van der Waals surface area contributed by atoms with Gasteiger partial charge in [-0.05, 0) is 24.0 Å². The summed E-state index contributed by atoms with van der Waals surface area (Å²) in [5.74, 6) is 1.78. The zero-order chi connectivity index (χ0) is 19.6. The third-order valence-electron chi connectivity index (χ3n) is 5.56. The number of carbonyl (C=O) groups is 1. The van der Waals surface area contributed by atoms with Gasteiger partial charge in [0.15, 0.2) is 5.82 Å². The number of Topliss-reactive ketones (excluding diaryl/α,β-unsaturated/α-hetero) is 1. The molecule has 2 heterocycles. The van der Waals surface area contributed by atoms with Crippen LogP contribution >= 0.6 is 0 Å². The minimum atomic E-state index is -0.0976. The Morgan fingerprint density at radius 2 is 2.18 bits per heavy atom. The van der Waals surface area contributed by atoms with E-state index in [1.54, 1.807) is 12.4 Å². The minimum Gasteiger partial charge on any atom is -0.339 e. The molecule has 1 saturated carbocycles. The van der Waals surface area contributed by atoms with Gasteiger partial charge in [0.25, 0.3) is 0 Å². The smallest absolute Gasteiger partial charge is 0.230 e. The van der Waals surface area contributed by atoms with Crippen LogP contribution in [0.3, 0.4) is 0 Å². The van der Waals surface area contributed by atoms with Crippen LogP contribution in [0.5, 0.6) is 0 Å². The monoisotopic (exact) mass is 386 g/mol. The Bertz CT molecular complexity index is 713. The number of hydroxylamine groups is 1. The van der Waals surface area contributed by atoms with Crippen LogP contribution in [-0.4, -0.2) is 32.7 Å². The number of ketones is 1. The summed E-state index contributed by atoms with van der Waals surface area (Å²) in [6.07, 6.45) is 14.2. The van der Waals surface area contributed by atoms with E-state index in [1.165, 1.54) is 38.5 Å². The highest BCUT2D eigenvalue weighted by molar-refractivity contribution is 5.80. The van der Waals surface area contributed by atoms with Crippen molar-refractivity contribution in [3.8, 4) is 0 Å². The Hall–Kier alpha value is -2.12. The molecule has 7 heteroatoms. The Morgan fingerprint density at radius 1 is 1.32 bits per heavy atom. The van der Waals surface area contributed by atoms with E-state index in [2.05, 4.69) is 15.1 Å². The van der Waals surface area contributed by atoms with Gasteiger partial charge in [-0.15, -0.1) is 0 Å². The lowest BCUT2D eigenvalue weighted by Crippen LogP contribution is -2.21. The van der Waals surface area contributed by atoms with Gasteiger partial charge in [-0.1, -0.05) is 56.2 Å². The maximum Gasteiger partial charge on any atom is 0.230 e. The van der Waals surface area contributed by atoms with Crippen molar-refractivity contribution >= 4 is 5.78 Å². The average molecular weight is 386 g/mol. The summed E-state index contributed by atoms with van der Waals surface area (Å²) in [7, 11) is 0. The fraction of sp³-hybridized carbons (Fsp3) is 0.619. The van der Waals surface area contributed by atoms with Crippen molar-refractivity contribution in [1.82, 2.24) is 20.6 Å². The van der Waals surface area contributed by atoms with Crippen LogP contribution in [0.1, 0.15) is 81.0 Å². The molecule has 0 spiro atoms. The van der Waals surface area contributed by atoms with Gasteiger partial charge in [0.1, 0.15) is 5.78 Å². The number of carbonyl (C=O) groups excluding carboxylic acids is 1. The Morgan fingerprint density at radius 3 is 2.93 bits per heavy atom. The van der Waals surface area contributed by atoms with Crippen molar-refractivity contribution in [3.63, 3.8) is 0 Å². The Kier molecular flexibility index (Phi) is 8.11. The van der Waals surface area contributed by atoms with E-state index < -0.39 is 0 Å². The third kappa shape index (κ3) is 6.49. The number of aromatic nitrogens is 3. The first-order valence-corrected chi connectivity index (χ1v) is 10.3. The molecule has 0 radical (unpaired) electrons. The first kappa shape index (κ1) is 20.6. The number of nitrogens with one attached hydrogen (secondary N) is 1. The van der Waals surface area contributed by atoms with Crippen LogP contribution < -0.4 is 5.48 Å². The van der Waals surface area contributed by atoms with Crippen LogP contribution in [0.2, 0.25) is 0 Å². The Balaban J connectivity index is 1.59. The van der Waals surface area contributed by atoms with E-state index in [1.807, 2.05) is 17.6 Å². The lowest BCUT2D eigenvalue weighted by molar-refractivity contribution is -0.120. The van der Waals surface area contributed by atoms with E-state index in [0.29, 0.717) is 24.6 Å². The molecule has 1 aliphatic carbocycles. The van der Waals surface area contributed by atoms with E-state index >= 15 is 0 Å². The Labute approximate surface area is 165 Å². The van der Waals surface area contributed by atoms with E-state index in [4.69, 9.17) is 9.73 Å². The molecule has 2 aromatic heterocycles. The highest BCUT2D eigenvalue weighted by Gasteiger charge is 2.23. The summed E-state index contributed by atoms with van der Waals surface area (Å²) in [4.78, 5) is 20.7. The van der Waals surface area contributed by atoms with E-state index in [-0.39, 0.29) is 18.2 Å². The normalized spacial score (nSPS) is 16.2. The fourth-order valence-corrected chi connectivity index (χ4v) is 4.07. The molecule has 152 valence electrons. The third-order valence-corrected chi connectivity index (χ3v) is 5.56. The lowest BCUT2D eigenvalue weighted by Gasteiger charge is -2.22. The highest BCUT2D eigenvalue weighted by Crippen LogP contribution is 2.31. The number of rotatable bonds is 11. The van der Waals surface area contributed by atoms with Crippen LogP contribution in [0.25, 0.3) is 0 Å². The highest BCUT2D eigenvalue weighted by atomic mass is 16.5. The molecule has 3 rings (SSSR count). The average Bonchev–Trinajstić information content (AvgIpc) is 3.17. The number of hydrogen-bond donors (Lipinski definition) is 2. The molecule has 0 amide bonds. The van der Waals surface area contributed by atoms with Crippen LogP contribution in [0.4, 0.5) is 0 Å². The van der Waals surface area contributed by atoms with Crippen LogP contribution in [-0.2, 0) is 11.2 Å². The largest absolute Gasteiger partial charge is 0.339 e. The van der Waals surface area contributed by atoms with Crippen molar-refractivity contribution < 1.29 is 14.5 Å². The molecule has 1 atom stereocenters. The van der Waals surface area contributed by atoms with Crippen molar-refractivity contribution in [2.24, 2.45) is 5.92 Å². The zero-order valence-corrected chi connectivity index (χ0v) is 16.3. The van der Waals surface area contributed by atoms with Gasteiger partial charge in [0.05, 0.1) is 6.54 Å². The van der Waals surface area contributed by atoms with Gasteiger partial charge in [0.2, 0.25) is 5.89 Å². The standard InChI is InChI=1S/C21H30N4O3/c26-19(15-23-27)13-18(10-4-8-16-6-2-1-3-7-16)21-24-20(25-28-21)12-17-9-5-11-22-14-17/h5,9,11,14,16,18,23,27H,1-4,6-8,10,12-13,15H2/t18-/m0/s1. The summed E-state index contributed by atoms with van der Waals surface area (Å²) in [5, 5.41) is 12.9. The van der Waals surface area contributed by atoms with Gasteiger partial charge >= 0.3 is 0 Å². The van der Waals surface area contributed by atoms with Gasteiger partial charge in [-0.25, -0.2) is 0 Å². The van der Waals surface area contributed by atoms with E-state index in [0.717, 1.165) is 24.3 Å². The second kappa shape index (κ2) is 11.0. The molecule has 0 aliphatic heterocycles.